The monoisotopic (exact) mass is 470 g/mol. The summed E-state index contributed by atoms with van der Waals surface area (Å²) in [7, 11) is 0. The number of rotatable bonds is 7. The molecule has 1 amide bonds. The Balaban J connectivity index is 1.13. The van der Waals surface area contributed by atoms with E-state index in [1.54, 1.807) is 12.1 Å². The second-order valence-electron chi connectivity index (χ2n) is 8.62. The van der Waals surface area contributed by atoms with E-state index in [1.807, 2.05) is 42.5 Å². The number of aromatic nitrogens is 2. The van der Waals surface area contributed by atoms with Crippen LogP contribution < -0.4 is 15.0 Å². The predicted molar refractivity (Wildman–Crippen MR) is 131 cm³/mol. The number of ether oxygens (including phenoxy) is 1. The summed E-state index contributed by atoms with van der Waals surface area (Å²) in [5.41, 5.74) is 2.09. The smallest absolute Gasteiger partial charge is 0.321 e. The highest BCUT2D eigenvalue weighted by atomic mass is 16.5. The van der Waals surface area contributed by atoms with Crippen LogP contribution in [0.4, 0.5) is 11.4 Å². The number of ketones is 1. The average molecular weight is 471 g/mol. The van der Waals surface area contributed by atoms with Crippen molar-refractivity contribution < 1.29 is 14.3 Å². The van der Waals surface area contributed by atoms with Crippen molar-refractivity contribution in [2.75, 3.05) is 29.9 Å². The molecule has 2 aliphatic heterocycles. The molecule has 3 heterocycles. The van der Waals surface area contributed by atoms with Crippen LogP contribution >= 0.6 is 0 Å². The van der Waals surface area contributed by atoms with Gasteiger partial charge in [-0.15, -0.1) is 0 Å². The van der Waals surface area contributed by atoms with E-state index in [9.17, 15) is 9.59 Å². The zero-order valence-electron chi connectivity index (χ0n) is 19.2. The van der Waals surface area contributed by atoms with Gasteiger partial charge in [0, 0.05) is 42.8 Å². The highest BCUT2D eigenvalue weighted by molar-refractivity contribution is 6.03. The van der Waals surface area contributed by atoms with Gasteiger partial charge in [-0.3, -0.25) is 9.59 Å². The zero-order chi connectivity index (χ0) is 24.0. The Bertz CT molecular complexity index is 1190. The second-order valence-corrected chi connectivity index (χ2v) is 8.62. The number of Topliss-reactive ketones (excluding diaryl/α,β-unsaturated/α-hetero) is 1. The number of hydrogen-bond donors (Lipinski definition) is 1. The fourth-order valence-electron chi connectivity index (χ4n) is 4.33. The summed E-state index contributed by atoms with van der Waals surface area (Å²) in [6.45, 7) is 2.31. The molecule has 9 heteroatoms. The number of nitrogens with zero attached hydrogens (tertiary/aromatic N) is 5. The van der Waals surface area contributed by atoms with Gasteiger partial charge in [0.05, 0.1) is 12.1 Å². The standard InChI is InChI=1S/C26H26N6O3/c33-24(23-10-13-29-31-23)18-11-14-32(15-12-18)21-8-6-20(7-9-21)30-25(34)19-16-27-26(28-17-19)35-22-4-2-1-3-5-22/h1-9,16-18,23H,10-15H2,(H,30,34). The number of amides is 1. The molecule has 1 saturated heterocycles. The molecule has 0 radical (unpaired) electrons. The maximum atomic E-state index is 12.6. The molecule has 0 bridgehead atoms. The SMILES string of the molecule is O=C(Nc1ccc(N2CCC(C(=O)C3CCN=N3)CC2)cc1)c1cnc(Oc2ccccc2)nc1. The normalized spacial score (nSPS) is 17.8. The van der Waals surface area contributed by atoms with Crippen LogP contribution in [-0.4, -0.2) is 47.3 Å². The van der Waals surface area contributed by atoms with E-state index in [1.165, 1.54) is 12.4 Å². The molecule has 1 unspecified atom stereocenters. The van der Waals surface area contributed by atoms with Crippen molar-refractivity contribution in [3.63, 3.8) is 0 Å². The quantitative estimate of drug-likeness (QED) is 0.543. The number of carbonyl (C=O) groups is 2. The first kappa shape index (κ1) is 22.6. The van der Waals surface area contributed by atoms with Gasteiger partial charge >= 0.3 is 6.01 Å². The molecule has 1 fully saturated rings. The first-order valence-corrected chi connectivity index (χ1v) is 11.8. The molecule has 1 atom stereocenters. The third kappa shape index (κ3) is 5.51. The van der Waals surface area contributed by atoms with Crippen LogP contribution in [0.2, 0.25) is 0 Å². The van der Waals surface area contributed by atoms with Gasteiger partial charge in [-0.2, -0.15) is 10.2 Å². The van der Waals surface area contributed by atoms with Crippen molar-refractivity contribution in [3.05, 3.63) is 72.6 Å². The van der Waals surface area contributed by atoms with Gasteiger partial charge in [-0.05, 0) is 55.7 Å². The van der Waals surface area contributed by atoms with Gasteiger partial charge in [-0.25, -0.2) is 9.97 Å². The minimum atomic E-state index is -0.299. The third-order valence-electron chi connectivity index (χ3n) is 6.28. The summed E-state index contributed by atoms with van der Waals surface area (Å²) < 4.78 is 5.56. The summed E-state index contributed by atoms with van der Waals surface area (Å²) in [5, 5.41) is 10.9. The van der Waals surface area contributed by atoms with Gasteiger partial charge in [0.25, 0.3) is 5.91 Å². The van der Waals surface area contributed by atoms with Gasteiger partial charge in [0.2, 0.25) is 0 Å². The summed E-state index contributed by atoms with van der Waals surface area (Å²) in [6.07, 6.45) is 5.28. The molecule has 178 valence electrons. The van der Waals surface area contributed by atoms with Gasteiger partial charge in [0.1, 0.15) is 11.8 Å². The average Bonchev–Trinajstić information content (AvgIpc) is 3.45. The fourth-order valence-corrected chi connectivity index (χ4v) is 4.33. The highest BCUT2D eigenvalue weighted by Crippen LogP contribution is 2.27. The van der Waals surface area contributed by atoms with Crippen LogP contribution in [0.5, 0.6) is 11.8 Å². The molecule has 1 N–H and O–H groups in total. The van der Waals surface area contributed by atoms with Gasteiger partial charge in [-0.1, -0.05) is 18.2 Å². The lowest BCUT2D eigenvalue weighted by atomic mass is 9.88. The molecular formula is C26H26N6O3. The number of piperidine rings is 1. The van der Waals surface area contributed by atoms with Crippen molar-refractivity contribution in [3.8, 4) is 11.8 Å². The molecule has 2 aliphatic rings. The molecule has 2 aromatic carbocycles. The molecule has 0 saturated carbocycles. The lowest BCUT2D eigenvalue weighted by molar-refractivity contribution is -0.124. The van der Waals surface area contributed by atoms with Crippen molar-refractivity contribution in [1.29, 1.82) is 0 Å². The van der Waals surface area contributed by atoms with Crippen LogP contribution in [-0.2, 0) is 4.79 Å². The number of anilines is 2. The Kier molecular flexibility index (Phi) is 6.74. The number of benzene rings is 2. The number of hydrogen-bond acceptors (Lipinski definition) is 8. The Morgan fingerprint density at radius 3 is 2.29 bits per heavy atom. The molecule has 5 rings (SSSR count). The largest absolute Gasteiger partial charge is 0.424 e. The lowest BCUT2D eigenvalue weighted by Crippen LogP contribution is -2.38. The predicted octanol–water partition coefficient (Wildman–Crippen LogP) is 4.53. The summed E-state index contributed by atoms with van der Waals surface area (Å²) >= 11 is 0. The molecule has 0 spiro atoms. The van der Waals surface area contributed by atoms with Crippen LogP contribution in [0.3, 0.4) is 0 Å². The molecule has 3 aromatic rings. The lowest BCUT2D eigenvalue weighted by Gasteiger charge is -2.33. The van der Waals surface area contributed by atoms with Crippen molar-refractivity contribution in [2.45, 2.75) is 25.3 Å². The summed E-state index contributed by atoms with van der Waals surface area (Å²) in [6, 6.07) is 16.9. The van der Waals surface area contributed by atoms with E-state index < -0.39 is 0 Å². The van der Waals surface area contributed by atoms with Crippen molar-refractivity contribution in [1.82, 2.24) is 9.97 Å². The Hall–Kier alpha value is -4.14. The first-order chi connectivity index (χ1) is 17.2. The molecular weight excluding hydrogens is 444 g/mol. The summed E-state index contributed by atoms with van der Waals surface area (Å²) in [4.78, 5) is 35.7. The summed E-state index contributed by atoms with van der Waals surface area (Å²) in [5.74, 6) is 0.638. The minimum absolute atomic E-state index is 0.0681. The fraction of sp³-hybridized carbons (Fsp3) is 0.308. The Morgan fingerprint density at radius 2 is 1.63 bits per heavy atom. The van der Waals surface area contributed by atoms with E-state index in [-0.39, 0.29) is 29.7 Å². The molecule has 35 heavy (non-hydrogen) atoms. The Morgan fingerprint density at radius 1 is 0.914 bits per heavy atom. The number of nitrogens with one attached hydrogen (secondary N) is 1. The minimum Gasteiger partial charge on any atom is -0.424 e. The van der Waals surface area contributed by atoms with Gasteiger partial charge < -0.3 is 15.0 Å². The van der Waals surface area contributed by atoms with E-state index in [0.29, 0.717) is 23.5 Å². The van der Waals surface area contributed by atoms with E-state index in [2.05, 4.69) is 30.4 Å². The van der Waals surface area contributed by atoms with Gasteiger partial charge in [0.15, 0.2) is 5.78 Å². The van der Waals surface area contributed by atoms with Crippen LogP contribution in [0.25, 0.3) is 0 Å². The first-order valence-electron chi connectivity index (χ1n) is 11.8. The molecule has 0 aliphatic carbocycles. The van der Waals surface area contributed by atoms with Crippen LogP contribution in [0.15, 0.2) is 77.2 Å². The maximum Gasteiger partial charge on any atom is 0.321 e. The molecule has 9 nitrogen and oxygen atoms in total. The third-order valence-corrected chi connectivity index (χ3v) is 6.28. The van der Waals surface area contributed by atoms with Crippen molar-refractivity contribution >= 4 is 23.1 Å². The van der Waals surface area contributed by atoms with E-state index >= 15 is 0 Å². The highest BCUT2D eigenvalue weighted by Gasteiger charge is 2.31. The zero-order valence-corrected chi connectivity index (χ0v) is 19.2. The van der Waals surface area contributed by atoms with Crippen molar-refractivity contribution in [2.24, 2.45) is 16.1 Å². The van der Waals surface area contributed by atoms with Crippen LogP contribution in [0, 0.1) is 5.92 Å². The second kappa shape index (κ2) is 10.4. The van der Waals surface area contributed by atoms with E-state index in [4.69, 9.17) is 4.74 Å². The Labute approximate surface area is 203 Å². The van der Waals surface area contributed by atoms with E-state index in [0.717, 1.165) is 38.0 Å². The molecule has 1 aromatic heterocycles. The number of para-hydroxylation sites is 1. The number of azo groups is 1. The maximum absolute atomic E-state index is 12.6. The topological polar surface area (TPSA) is 109 Å². The number of carbonyl (C=O) groups excluding carboxylic acids is 2. The van der Waals surface area contributed by atoms with Crippen LogP contribution in [0.1, 0.15) is 29.6 Å².